The normalized spacial score (nSPS) is 18.6. The fraction of sp³-hybridized carbons (Fsp3) is 0.357. The number of aryl methyl sites for hydroxylation is 1. The van der Waals surface area contributed by atoms with Gasteiger partial charge in [-0.1, -0.05) is 6.07 Å². The molecule has 0 aliphatic heterocycles. The Morgan fingerprint density at radius 1 is 1.50 bits per heavy atom. The van der Waals surface area contributed by atoms with Crippen molar-refractivity contribution in [2.75, 3.05) is 0 Å². The molecule has 0 fully saturated rings. The quantitative estimate of drug-likeness (QED) is 0.829. The SMILES string of the molecule is Ic1cc2c(s1)CCCC2NCc1cccnc1. The molecule has 2 heterocycles. The van der Waals surface area contributed by atoms with Gasteiger partial charge in [-0.3, -0.25) is 4.98 Å². The zero-order valence-corrected chi connectivity index (χ0v) is 13.0. The van der Waals surface area contributed by atoms with Crippen molar-refractivity contribution in [2.45, 2.75) is 31.8 Å². The lowest BCUT2D eigenvalue weighted by Crippen LogP contribution is -2.23. The van der Waals surface area contributed by atoms with Gasteiger partial charge in [-0.15, -0.1) is 11.3 Å². The number of aromatic nitrogens is 1. The molecule has 1 atom stereocenters. The summed E-state index contributed by atoms with van der Waals surface area (Å²) >= 11 is 4.38. The Bertz CT molecular complexity index is 524. The lowest BCUT2D eigenvalue weighted by Gasteiger charge is -2.23. The highest BCUT2D eigenvalue weighted by Gasteiger charge is 2.21. The summed E-state index contributed by atoms with van der Waals surface area (Å²) in [6.45, 7) is 0.907. The average Bonchev–Trinajstić information content (AvgIpc) is 2.78. The minimum atomic E-state index is 0.522. The Morgan fingerprint density at radius 2 is 2.44 bits per heavy atom. The summed E-state index contributed by atoms with van der Waals surface area (Å²) in [5.74, 6) is 0. The summed E-state index contributed by atoms with van der Waals surface area (Å²) in [4.78, 5) is 5.74. The summed E-state index contributed by atoms with van der Waals surface area (Å²) in [6, 6.07) is 6.99. The smallest absolute Gasteiger partial charge is 0.0659 e. The van der Waals surface area contributed by atoms with E-state index < -0.39 is 0 Å². The van der Waals surface area contributed by atoms with Crippen LogP contribution in [0.3, 0.4) is 0 Å². The third-order valence-corrected chi connectivity index (χ3v) is 5.33. The van der Waals surface area contributed by atoms with Crippen LogP contribution in [0.4, 0.5) is 0 Å². The summed E-state index contributed by atoms with van der Waals surface area (Å²) in [5.41, 5.74) is 2.79. The van der Waals surface area contributed by atoms with Crippen LogP contribution >= 0.6 is 33.9 Å². The van der Waals surface area contributed by atoms with Crippen molar-refractivity contribution in [2.24, 2.45) is 0 Å². The van der Waals surface area contributed by atoms with E-state index in [9.17, 15) is 0 Å². The number of rotatable bonds is 3. The molecular weight excluding hydrogens is 355 g/mol. The van der Waals surface area contributed by atoms with Crippen LogP contribution in [0.25, 0.3) is 0 Å². The van der Waals surface area contributed by atoms with Gasteiger partial charge in [0, 0.05) is 29.9 Å². The largest absolute Gasteiger partial charge is 0.306 e. The van der Waals surface area contributed by atoms with Gasteiger partial charge in [0.1, 0.15) is 0 Å². The number of nitrogens with zero attached hydrogens (tertiary/aromatic N) is 1. The van der Waals surface area contributed by atoms with Crippen molar-refractivity contribution in [1.82, 2.24) is 10.3 Å². The van der Waals surface area contributed by atoms with Crippen molar-refractivity contribution in [3.05, 3.63) is 49.5 Å². The number of hydrogen-bond acceptors (Lipinski definition) is 3. The number of pyridine rings is 1. The van der Waals surface area contributed by atoms with E-state index >= 15 is 0 Å². The number of halogens is 1. The zero-order valence-electron chi connectivity index (χ0n) is 10.0. The molecule has 0 saturated heterocycles. The highest BCUT2D eigenvalue weighted by Crippen LogP contribution is 2.36. The Hall–Kier alpha value is -0.460. The van der Waals surface area contributed by atoms with Crippen LogP contribution in [-0.2, 0) is 13.0 Å². The van der Waals surface area contributed by atoms with Crippen LogP contribution in [0.1, 0.15) is 34.9 Å². The van der Waals surface area contributed by atoms with Crippen LogP contribution in [0, 0.1) is 2.88 Å². The molecule has 1 aliphatic rings. The lowest BCUT2D eigenvalue weighted by atomic mass is 9.94. The van der Waals surface area contributed by atoms with Gasteiger partial charge < -0.3 is 5.32 Å². The molecule has 1 N–H and O–H groups in total. The minimum absolute atomic E-state index is 0.522. The van der Waals surface area contributed by atoms with Crippen molar-refractivity contribution >= 4 is 33.9 Å². The average molecular weight is 370 g/mol. The molecule has 2 aromatic heterocycles. The van der Waals surface area contributed by atoms with Crippen LogP contribution in [-0.4, -0.2) is 4.98 Å². The molecule has 2 nitrogen and oxygen atoms in total. The Kier molecular flexibility index (Phi) is 3.96. The van der Waals surface area contributed by atoms with E-state index in [2.05, 4.69) is 45.0 Å². The molecular formula is C14H15IN2S. The molecule has 1 unspecified atom stereocenters. The summed E-state index contributed by atoms with van der Waals surface area (Å²) in [7, 11) is 0. The molecule has 0 aromatic carbocycles. The number of fused-ring (bicyclic) bond motifs is 1. The van der Waals surface area contributed by atoms with Crippen LogP contribution < -0.4 is 5.32 Å². The number of thiophene rings is 1. The van der Waals surface area contributed by atoms with E-state index in [1.54, 1.807) is 4.88 Å². The number of hydrogen-bond donors (Lipinski definition) is 1. The van der Waals surface area contributed by atoms with E-state index in [0.29, 0.717) is 6.04 Å². The van der Waals surface area contributed by atoms with Gasteiger partial charge in [0.05, 0.1) is 2.88 Å². The first kappa shape index (κ1) is 12.6. The monoisotopic (exact) mass is 370 g/mol. The maximum Gasteiger partial charge on any atom is 0.0659 e. The standard InChI is InChI=1S/C14H15IN2S/c15-14-7-11-12(4-1-5-13(11)18-14)17-9-10-3-2-6-16-8-10/h2-3,6-8,12,17H,1,4-5,9H2. The third kappa shape index (κ3) is 2.75. The first-order chi connectivity index (χ1) is 8.83. The molecule has 18 heavy (non-hydrogen) atoms. The van der Waals surface area contributed by atoms with Gasteiger partial charge in [-0.25, -0.2) is 0 Å². The topological polar surface area (TPSA) is 24.9 Å². The van der Waals surface area contributed by atoms with E-state index in [1.807, 2.05) is 29.8 Å². The lowest BCUT2D eigenvalue weighted by molar-refractivity contribution is 0.463. The predicted octanol–water partition coefficient (Wildman–Crippen LogP) is 3.91. The Labute approximate surface area is 125 Å². The van der Waals surface area contributed by atoms with Gasteiger partial charge in [-0.2, -0.15) is 0 Å². The highest BCUT2D eigenvalue weighted by atomic mass is 127. The van der Waals surface area contributed by atoms with Gasteiger partial charge in [0.15, 0.2) is 0 Å². The fourth-order valence-corrected chi connectivity index (χ4v) is 4.60. The first-order valence-corrected chi connectivity index (χ1v) is 8.13. The van der Waals surface area contributed by atoms with Gasteiger partial charge in [-0.05, 0) is 65.1 Å². The summed E-state index contributed by atoms with van der Waals surface area (Å²) in [5, 5.41) is 3.67. The van der Waals surface area contributed by atoms with Crippen molar-refractivity contribution < 1.29 is 0 Å². The van der Waals surface area contributed by atoms with Crippen LogP contribution in [0.2, 0.25) is 0 Å². The molecule has 3 rings (SSSR count). The predicted molar refractivity (Wildman–Crippen MR) is 83.8 cm³/mol. The fourth-order valence-electron chi connectivity index (χ4n) is 2.48. The van der Waals surface area contributed by atoms with Crippen molar-refractivity contribution in [1.29, 1.82) is 0 Å². The second-order valence-corrected chi connectivity index (χ2v) is 7.65. The van der Waals surface area contributed by atoms with E-state index in [-0.39, 0.29) is 0 Å². The molecule has 94 valence electrons. The second kappa shape index (κ2) is 5.67. The molecule has 0 radical (unpaired) electrons. The molecule has 0 saturated carbocycles. The maximum absolute atomic E-state index is 4.16. The summed E-state index contributed by atoms with van der Waals surface area (Å²) in [6.07, 6.45) is 7.57. The highest BCUT2D eigenvalue weighted by molar-refractivity contribution is 14.1. The number of nitrogens with one attached hydrogen (secondary N) is 1. The van der Waals surface area contributed by atoms with Crippen molar-refractivity contribution in [3.8, 4) is 0 Å². The minimum Gasteiger partial charge on any atom is -0.306 e. The second-order valence-electron chi connectivity index (χ2n) is 4.62. The van der Waals surface area contributed by atoms with Gasteiger partial charge in [0.25, 0.3) is 0 Å². The molecule has 0 bridgehead atoms. The molecule has 2 aromatic rings. The zero-order chi connectivity index (χ0) is 12.4. The first-order valence-electron chi connectivity index (χ1n) is 6.23. The van der Waals surface area contributed by atoms with E-state index in [0.717, 1.165) is 6.54 Å². The van der Waals surface area contributed by atoms with E-state index in [1.165, 1.54) is 33.3 Å². The Balaban J connectivity index is 1.71. The van der Waals surface area contributed by atoms with Crippen molar-refractivity contribution in [3.63, 3.8) is 0 Å². The summed E-state index contributed by atoms with van der Waals surface area (Å²) < 4.78 is 1.41. The Morgan fingerprint density at radius 3 is 3.28 bits per heavy atom. The third-order valence-electron chi connectivity index (χ3n) is 3.36. The molecule has 1 aliphatic carbocycles. The molecule has 0 spiro atoms. The molecule has 4 heteroatoms. The van der Waals surface area contributed by atoms with E-state index in [4.69, 9.17) is 0 Å². The van der Waals surface area contributed by atoms with Crippen LogP contribution in [0.5, 0.6) is 0 Å². The maximum atomic E-state index is 4.16. The van der Waals surface area contributed by atoms with Gasteiger partial charge in [0.2, 0.25) is 0 Å². The van der Waals surface area contributed by atoms with Gasteiger partial charge >= 0.3 is 0 Å². The molecule has 0 amide bonds. The van der Waals surface area contributed by atoms with Crippen LogP contribution in [0.15, 0.2) is 30.6 Å².